The number of carbonyl (C=O) groups is 1. The van der Waals surface area contributed by atoms with Gasteiger partial charge in [-0.3, -0.25) is 4.79 Å². The maximum absolute atomic E-state index is 12.4. The van der Waals surface area contributed by atoms with Crippen molar-refractivity contribution in [2.75, 3.05) is 13.7 Å². The molecule has 0 aliphatic carbocycles. The van der Waals surface area contributed by atoms with Crippen molar-refractivity contribution in [2.24, 2.45) is 0 Å². The average molecular weight is 459 g/mol. The van der Waals surface area contributed by atoms with Crippen LogP contribution < -0.4 is 14.8 Å². The molecule has 0 saturated carbocycles. The fraction of sp³-hybridized carbons (Fsp3) is 0.375. The fourth-order valence-electron chi connectivity index (χ4n) is 3.21. The lowest BCUT2D eigenvalue weighted by Gasteiger charge is -2.11. The molecule has 1 heterocycles. The molecule has 7 nitrogen and oxygen atoms in total. The number of hydrogen-bond donors (Lipinski definition) is 1. The molecule has 1 N–H and O–H groups in total. The van der Waals surface area contributed by atoms with Crippen molar-refractivity contribution in [3.63, 3.8) is 0 Å². The first-order valence-electron chi connectivity index (χ1n) is 10.7. The second-order valence-electron chi connectivity index (χ2n) is 7.75. The van der Waals surface area contributed by atoms with Crippen molar-refractivity contribution in [1.29, 1.82) is 0 Å². The van der Waals surface area contributed by atoms with Crippen LogP contribution in [-0.4, -0.2) is 36.3 Å². The Balaban J connectivity index is 1.45. The third-order valence-corrected chi connectivity index (χ3v) is 5.05. The summed E-state index contributed by atoms with van der Waals surface area (Å²) >= 11 is 0. The Hall–Kier alpha value is -3.49. The molecular formula is C24H27F2N3O4. The third kappa shape index (κ3) is 7.00. The standard InChI is InChI=1S/C24H27F2N3O4/c1-15(2)17-5-7-18(8-6-17)23-28-22(33-29-23)11-10-21(30)27-13-12-16-4-9-19(32-24(25)26)20(14-16)31-3/h4-9,14-15,24H,10-13H2,1-3H3,(H,27,30). The topological polar surface area (TPSA) is 86.5 Å². The van der Waals surface area contributed by atoms with Crippen molar-refractivity contribution in [3.05, 3.63) is 59.5 Å². The van der Waals surface area contributed by atoms with Gasteiger partial charge in [-0.05, 0) is 35.6 Å². The zero-order valence-corrected chi connectivity index (χ0v) is 18.8. The highest BCUT2D eigenvalue weighted by molar-refractivity contribution is 5.76. The molecule has 0 fully saturated rings. The minimum atomic E-state index is -2.93. The molecule has 2 aromatic carbocycles. The Bertz CT molecular complexity index is 1050. The van der Waals surface area contributed by atoms with Crippen LogP contribution in [0.4, 0.5) is 8.78 Å². The summed E-state index contributed by atoms with van der Waals surface area (Å²) in [5.41, 5.74) is 2.91. The van der Waals surface area contributed by atoms with E-state index in [4.69, 9.17) is 9.26 Å². The number of rotatable bonds is 11. The van der Waals surface area contributed by atoms with Crippen LogP contribution in [0, 0.1) is 0 Å². The normalized spacial score (nSPS) is 11.1. The minimum absolute atomic E-state index is 0.0323. The fourth-order valence-corrected chi connectivity index (χ4v) is 3.21. The van der Waals surface area contributed by atoms with Gasteiger partial charge in [0.25, 0.3) is 0 Å². The summed E-state index contributed by atoms with van der Waals surface area (Å²) in [5, 5.41) is 6.82. The van der Waals surface area contributed by atoms with Crippen LogP contribution in [0.3, 0.4) is 0 Å². The maximum Gasteiger partial charge on any atom is 0.387 e. The molecule has 1 aromatic heterocycles. The van der Waals surface area contributed by atoms with Gasteiger partial charge in [-0.15, -0.1) is 0 Å². The predicted octanol–water partition coefficient (Wildman–Crippen LogP) is 4.76. The van der Waals surface area contributed by atoms with Crippen molar-refractivity contribution in [3.8, 4) is 22.9 Å². The van der Waals surface area contributed by atoms with E-state index in [1.165, 1.54) is 18.7 Å². The van der Waals surface area contributed by atoms with Crippen LogP contribution in [0.25, 0.3) is 11.4 Å². The van der Waals surface area contributed by atoms with Crippen LogP contribution in [0.2, 0.25) is 0 Å². The van der Waals surface area contributed by atoms with Crippen molar-refractivity contribution in [2.45, 2.75) is 45.6 Å². The first-order chi connectivity index (χ1) is 15.9. The van der Waals surface area contributed by atoms with Crippen LogP contribution >= 0.6 is 0 Å². The number of carbonyl (C=O) groups excluding carboxylic acids is 1. The minimum Gasteiger partial charge on any atom is -0.493 e. The van der Waals surface area contributed by atoms with Gasteiger partial charge in [0.05, 0.1) is 7.11 Å². The van der Waals surface area contributed by atoms with Crippen LogP contribution in [0.15, 0.2) is 47.0 Å². The van der Waals surface area contributed by atoms with Gasteiger partial charge >= 0.3 is 6.61 Å². The highest BCUT2D eigenvalue weighted by atomic mass is 19.3. The highest BCUT2D eigenvalue weighted by Gasteiger charge is 2.13. The van der Waals surface area contributed by atoms with E-state index >= 15 is 0 Å². The molecule has 0 aliphatic heterocycles. The Morgan fingerprint density at radius 2 is 1.85 bits per heavy atom. The second kappa shape index (κ2) is 11.4. The van der Waals surface area contributed by atoms with E-state index < -0.39 is 6.61 Å². The van der Waals surface area contributed by atoms with E-state index in [-0.39, 0.29) is 23.8 Å². The molecule has 0 aliphatic rings. The zero-order chi connectivity index (χ0) is 23.8. The number of aromatic nitrogens is 2. The summed E-state index contributed by atoms with van der Waals surface area (Å²) in [6, 6.07) is 12.7. The van der Waals surface area contributed by atoms with E-state index in [0.717, 1.165) is 11.1 Å². The molecule has 33 heavy (non-hydrogen) atoms. The van der Waals surface area contributed by atoms with Gasteiger partial charge in [0.15, 0.2) is 11.5 Å². The SMILES string of the molecule is COc1cc(CCNC(=O)CCc2nc(-c3ccc(C(C)C)cc3)no2)ccc1OC(F)F. The summed E-state index contributed by atoms with van der Waals surface area (Å²) in [5.74, 6) is 1.36. The number of nitrogens with zero attached hydrogens (tertiary/aromatic N) is 2. The molecule has 0 unspecified atom stereocenters. The molecule has 0 bridgehead atoms. The van der Waals surface area contributed by atoms with Gasteiger partial charge < -0.3 is 19.3 Å². The number of hydrogen-bond acceptors (Lipinski definition) is 6. The molecular weight excluding hydrogens is 432 g/mol. The Kier molecular flexibility index (Phi) is 8.34. The van der Waals surface area contributed by atoms with Gasteiger partial charge in [-0.2, -0.15) is 13.8 Å². The van der Waals surface area contributed by atoms with Crippen molar-refractivity contribution < 1.29 is 27.6 Å². The average Bonchev–Trinajstić information content (AvgIpc) is 3.27. The smallest absolute Gasteiger partial charge is 0.387 e. The first-order valence-corrected chi connectivity index (χ1v) is 10.7. The van der Waals surface area contributed by atoms with E-state index in [0.29, 0.717) is 37.0 Å². The zero-order valence-electron chi connectivity index (χ0n) is 18.8. The number of aryl methyl sites for hydroxylation is 1. The Morgan fingerprint density at radius 3 is 2.52 bits per heavy atom. The molecule has 3 rings (SSSR count). The van der Waals surface area contributed by atoms with Gasteiger partial charge in [-0.1, -0.05) is 49.3 Å². The van der Waals surface area contributed by atoms with Gasteiger partial charge in [-0.25, -0.2) is 0 Å². The lowest BCUT2D eigenvalue weighted by Crippen LogP contribution is -2.25. The van der Waals surface area contributed by atoms with Gasteiger partial charge in [0.1, 0.15) is 0 Å². The summed E-state index contributed by atoms with van der Waals surface area (Å²) in [6.07, 6.45) is 1.04. The third-order valence-electron chi connectivity index (χ3n) is 5.05. The number of methoxy groups -OCH3 is 1. The predicted molar refractivity (Wildman–Crippen MR) is 118 cm³/mol. The maximum atomic E-state index is 12.4. The van der Waals surface area contributed by atoms with E-state index in [2.05, 4.69) is 34.0 Å². The quantitative estimate of drug-likeness (QED) is 0.445. The molecule has 0 saturated heterocycles. The molecule has 3 aromatic rings. The summed E-state index contributed by atoms with van der Waals surface area (Å²) in [4.78, 5) is 16.5. The van der Waals surface area contributed by atoms with Gasteiger partial charge in [0, 0.05) is 24.9 Å². The molecule has 0 radical (unpaired) electrons. The molecule has 176 valence electrons. The molecule has 1 amide bonds. The van der Waals surface area contributed by atoms with E-state index in [9.17, 15) is 13.6 Å². The highest BCUT2D eigenvalue weighted by Crippen LogP contribution is 2.29. The lowest BCUT2D eigenvalue weighted by molar-refractivity contribution is -0.121. The number of ether oxygens (including phenoxy) is 2. The monoisotopic (exact) mass is 459 g/mol. The largest absolute Gasteiger partial charge is 0.493 e. The number of amides is 1. The first kappa shape index (κ1) is 24.2. The van der Waals surface area contributed by atoms with Crippen LogP contribution in [-0.2, 0) is 17.6 Å². The molecule has 0 spiro atoms. The lowest BCUT2D eigenvalue weighted by atomic mass is 10.0. The van der Waals surface area contributed by atoms with Gasteiger partial charge in [0.2, 0.25) is 17.6 Å². The summed E-state index contributed by atoms with van der Waals surface area (Å²) in [6.45, 7) is 1.72. The summed E-state index contributed by atoms with van der Waals surface area (Å²) < 4.78 is 39.6. The number of benzene rings is 2. The van der Waals surface area contributed by atoms with E-state index in [1.807, 2.05) is 24.3 Å². The summed E-state index contributed by atoms with van der Waals surface area (Å²) in [7, 11) is 1.38. The van der Waals surface area contributed by atoms with Crippen LogP contribution in [0.5, 0.6) is 11.5 Å². The number of alkyl halides is 2. The number of halogens is 2. The second-order valence-corrected chi connectivity index (χ2v) is 7.75. The number of nitrogens with one attached hydrogen (secondary N) is 1. The van der Waals surface area contributed by atoms with Crippen molar-refractivity contribution >= 4 is 5.91 Å². The van der Waals surface area contributed by atoms with Crippen LogP contribution in [0.1, 0.15) is 43.2 Å². The Morgan fingerprint density at radius 1 is 1.09 bits per heavy atom. The van der Waals surface area contributed by atoms with E-state index in [1.54, 1.807) is 12.1 Å². The Labute approximate surface area is 191 Å². The van der Waals surface area contributed by atoms with Crippen molar-refractivity contribution in [1.82, 2.24) is 15.5 Å². The molecule has 0 atom stereocenters. The molecule has 9 heteroatoms.